The monoisotopic (exact) mass is 392 g/mol. The van der Waals surface area contributed by atoms with E-state index in [1.165, 1.54) is 6.92 Å². The highest BCUT2D eigenvalue weighted by Gasteiger charge is 2.65. The summed E-state index contributed by atoms with van der Waals surface area (Å²) >= 11 is 6.12. The number of aromatic nitrogens is 1. The second-order valence-corrected chi connectivity index (χ2v) is 7.51. The van der Waals surface area contributed by atoms with E-state index >= 15 is 0 Å². The number of hydrogen-bond donors (Lipinski definition) is 1. The van der Waals surface area contributed by atoms with Crippen LogP contribution in [0.4, 0.5) is 5.69 Å². The summed E-state index contributed by atoms with van der Waals surface area (Å²) < 4.78 is 0. The van der Waals surface area contributed by atoms with Crippen LogP contribution in [0.25, 0.3) is 6.08 Å². The second kappa shape index (κ2) is 6.47. The van der Waals surface area contributed by atoms with Crippen LogP contribution >= 0.6 is 11.6 Å². The molecule has 0 radical (unpaired) electrons. The lowest BCUT2D eigenvalue weighted by Crippen LogP contribution is -2.48. The molecule has 28 heavy (non-hydrogen) atoms. The van der Waals surface area contributed by atoms with Gasteiger partial charge in [0.2, 0.25) is 5.91 Å². The van der Waals surface area contributed by atoms with Gasteiger partial charge in [0.15, 0.2) is 11.2 Å². The lowest BCUT2D eigenvalue weighted by Gasteiger charge is -2.36. The Morgan fingerprint density at radius 3 is 2.61 bits per heavy atom. The third kappa shape index (κ3) is 2.36. The number of nitriles is 1. The minimum Gasteiger partial charge on any atom is -0.368 e. The van der Waals surface area contributed by atoms with Gasteiger partial charge in [-0.3, -0.25) is 14.6 Å². The number of Topliss-reactive ketones (excluding diaryl/α,β-unsaturated/α-hetero) is 1. The predicted molar refractivity (Wildman–Crippen MR) is 105 cm³/mol. The Morgan fingerprint density at radius 1 is 1.29 bits per heavy atom. The molecule has 0 bridgehead atoms. The van der Waals surface area contributed by atoms with Crippen LogP contribution in [0.1, 0.15) is 24.0 Å². The normalized spacial score (nSPS) is 27.6. The number of halogens is 1. The first kappa shape index (κ1) is 18.2. The number of nitrogens with two attached hydrogens (primary N) is 1. The van der Waals surface area contributed by atoms with Gasteiger partial charge in [0.1, 0.15) is 0 Å². The molecule has 1 aromatic carbocycles. The Balaban J connectivity index is 2.03. The van der Waals surface area contributed by atoms with Gasteiger partial charge >= 0.3 is 0 Å². The van der Waals surface area contributed by atoms with Crippen molar-refractivity contribution in [2.45, 2.75) is 24.9 Å². The van der Waals surface area contributed by atoms with Gasteiger partial charge in [-0.15, -0.1) is 0 Å². The van der Waals surface area contributed by atoms with Gasteiger partial charge < -0.3 is 10.6 Å². The summed E-state index contributed by atoms with van der Waals surface area (Å²) in [5, 5.41) is 10.8. The van der Waals surface area contributed by atoms with Crippen LogP contribution in [0, 0.1) is 16.7 Å². The van der Waals surface area contributed by atoms with Crippen molar-refractivity contribution in [1.29, 1.82) is 5.26 Å². The summed E-state index contributed by atoms with van der Waals surface area (Å²) in [6.45, 7) is 1.47. The maximum atomic E-state index is 12.8. The Kier molecular flexibility index (Phi) is 4.20. The van der Waals surface area contributed by atoms with E-state index in [0.717, 1.165) is 11.3 Å². The average molecular weight is 393 g/mol. The molecule has 0 aliphatic carbocycles. The van der Waals surface area contributed by atoms with Crippen molar-refractivity contribution >= 4 is 35.1 Å². The highest BCUT2D eigenvalue weighted by Crippen LogP contribution is 2.55. The fraction of sp³-hybridized carbons (Fsp3) is 0.238. The average Bonchev–Trinajstić information content (AvgIpc) is 3.00. The third-order valence-corrected chi connectivity index (χ3v) is 5.91. The molecule has 4 atom stereocenters. The van der Waals surface area contributed by atoms with Crippen LogP contribution in [0.3, 0.4) is 0 Å². The van der Waals surface area contributed by atoms with Gasteiger partial charge in [-0.25, -0.2) is 0 Å². The molecule has 0 saturated carbocycles. The predicted octanol–water partition coefficient (Wildman–Crippen LogP) is 2.69. The highest BCUT2D eigenvalue weighted by molar-refractivity contribution is 6.30. The molecule has 1 saturated heterocycles. The molecule has 1 fully saturated rings. The lowest BCUT2D eigenvalue weighted by atomic mass is 9.68. The van der Waals surface area contributed by atoms with Crippen LogP contribution in [-0.2, 0) is 9.59 Å². The van der Waals surface area contributed by atoms with Gasteiger partial charge in [-0.05, 0) is 48.4 Å². The smallest absolute Gasteiger partial charge is 0.241 e. The summed E-state index contributed by atoms with van der Waals surface area (Å²) in [6, 6.07) is 9.55. The molecule has 4 rings (SSSR count). The topological polar surface area (TPSA) is 100 Å². The van der Waals surface area contributed by atoms with Crippen LogP contribution < -0.4 is 10.6 Å². The number of pyridine rings is 1. The number of anilines is 1. The Morgan fingerprint density at radius 2 is 2.00 bits per heavy atom. The number of fused-ring (bicyclic) bond motifs is 3. The molecular weight excluding hydrogens is 376 g/mol. The molecule has 2 aliphatic rings. The van der Waals surface area contributed by atoms with Gasteiger partial charge in [0.05, 0.1) is 18.2 Å². The number of carbonyl (C=O) groups is 2. The van der Waals surface area contributed by atoms with Crippen LogP contribution in [-0.4, -0.2) is 28.8 Å². The number of carbonyl (C=O) groups excluding carboxylic acids is 2. The molecule has 2 aromatic rings. The number of rotatable bonds is 3. The number of benzene rings is 1. The number of nitrogens with zero attached hydrogens (tertiary/aromatic N) is 3. The van der Waals surface area contributed by atoms with Crippen LogP contribution in [0.15, 0.2) is 48.8 Å². The van der Waals surface area contributed by atoms with Crippen molar-refractivity contribution in [2.24, 2.45) is 11.1 Å². The maximum Gasteiger partial charge on any atom is 0.241 e. The summed E-state index contributed by atoms with van der Waals surface area (Å²) in [7, 11) is 0. The maximum absolute atomic E-state index is 12.8. The number of ketones is 1. The molecular formula is C21H17ClN4O2. The van der Waals surface area contributed by atoms with E-state index in [-0.39, 0.29) is 5.78 Å². The number of hydrogen-bond acceptors (Lipinski definition) is 5. The standard InChI is InChI=1S/C21H17ClN4O2/c1-12(27)19-18(13-6-8-25-9-7-13)21(11-23,20(24)28)17-5-2-14-10-15(22)3-4-16(14)26(17)19/h2-10,17-19H,1H3,(H2,24,28)/t17-,18-,19+,21+/m0/s1. The summed E-state index contributed by atoms with van der Waals surface area (Å²) in [5.41, 5.74) is 6.45. The fourth-order valence-electron chi connectivity index (χ4n) is 4.56. The molecule has 7 heteroatoms. The summed E-state index contributed by atoms with van der Waals surface area (Å²) in [4.78, 5) is 31.4. The van der Waals surface area contributed by atoms with Crippen molar-refractivity contribution in [3.63, 3.8) is 0 Å². The minimum atomic E-state index is -1.61. The highest BCUT2D eigenvalue weighted by atomic mass is 35.5. The van der Waals surface area contributed by atoms with E-state index in [0.29, 0.717) is 10.6 Å². The lowest BCUT2D eigenvalue weighted by molar-refractivity contribution is -0.125. The van der Waals surface area contributed by atoms with Gasteiger partial charge in [-0.2, -0.15) is 5.26 Å². The van der Waals surface area contributed by atoms with E-state index in [4.69, 9.17) is 17.3 Å². The molecule has 2 N–H and O–H groups in total. The van der Waals surface area contributed by atoms with Crippen molar-refractivity contribution in [3.05, 3.63) is 65.0 Å². The van der Waals surface area contributed by atoms with Crippen LogP contribution in [0.2, 0.25) is 5.02 Å². The van der Waals surface area contributed by atoms with Crippen molar-refractivity contribution < 1.29 is 9.59 Å². The molecule has 0 spiro atoms. The Labute approximate surface area is 167 Å². The molecule has 2 aliphatic heterocycles. The molecule has 3 heterocycles. The van der Waals surface area contributed by atoms with Crippen molar-refractivity contribution in [1.82, 2.24) is 4.98 Å². The number of primary amides is 1. The SMILES string of the molecule is CC(=O)[C@@H]1[C@H](c2ccncc2)[C@](C#N)(C(N)=O)[C@@H]2C=Cc3cc(Cl)ccc3N12. The molecule has 6 nitrogen and oxygen atoms in total. The summed E-state index contributed by atoms with van der Waals surface area (Å²) in [5.74, 6) is -1.63. The quantitative estimate of drug-likeness (QED) is 0.865. The van der Waals surface area contributed by atoms with E-state index < -0.39 is 29.3 Å². The number of amides is 1. The van der Waals surface area contributed by atoms with E-state index in [2.05, 4.69) is 11.1 Å². The molecule has 0 unspecified atom stereocenters. The molecule has 140 valence electrons. The third-order valence-electron chi connectivity index (χ3n) is 5.67. The van der Waals surface area contributed by atoms with Crippen molar-refractivity contribution in [3.8, 4) is 6.07 Å². The Hall–Kier alpha value is -3.17. The molecule has 1 amide bonds. The minimum absolute atomic E-state index is 0.151. The first-order chi connectivity index (χ1) is 13.4. The second-order valence-electron chi connectivity index (χ2n) is 7.07. The van der Waals surface area contributed by atoms with E-state index in [1.807, 2.05) is 17.0 Å². The first-order valence-corrected chi connectivity index (χ1v) is 9.17. The van der Waals surface area contributed by atoms with Crippen LogP contribution in [0.5, 0.6) is 0 Å². The zero-order chi connectivity index (χ0) is 20.1. The van der Waals surface area contributed by atoms with Gasteiger partial charge in [-0.1, -0.05) is 23.8 Å². The summed E-state index contributed by atoms with van der Waals surface area (Å²) in [6.07, 6.45) is 6.75. The van der Waals surface area contributed by atoms with Gasteiger partial charge in [0.25, 0.3) is 0 Å². The van der Waals surface area contributed by atoms with Gasteiger partial charge in [0, 0.05) is 29.0 Å². The Bertz CT molecular complexity index is 1050. The van der Waals surface area contributed by atoms with E-state index in [1.54, 1.807) is 42.7 Å². The zero-order valence-corrected chi connectivity index (χ0v) is 15.8. The zero-order valence-electron chi connectivity index (χ0n) is 15.0. The molecule has 1 aromatic heterocycles. The largest absolute Gasteiger partial charge is 0.368 e. The first-order valence-electron chi connectivity index (χ1n) is 8.79. The fourth-order valence-corrected chi connectivity index (χ4v) is 4.74. The van der Waals surface area contributed by atoms with Crippen molar-refractivity contribution in [2.75, 3.05) is 4.90 Å². The van der Waals surface area contributed by atoms with E-state index in [9.17, 15) is 14.9 Å².